The van der Waals surface area contributed by atoms with Crippen molar-refractivity contribution in [1.82, 2.24) is 0 Å². The molecule has 2 heterocycles. The topological polar surface area (TPSA) is 94.2 Å². The average molecular weight is 251 g/mol. The van der Waals surface area contributed by atoms with Crippen molar-refractivity contribution in [3.05, 3.63) is 0 Å². The summed E-state index contributed by atoms with van der Waals surface area (Å²) in [6.45, 7) is 3.90. The number of aliphatic hydroxyl groups excluding tert-OH is 1. The second-order valence-electron chi connectivity index (χ2n) is 4.35. The normalized spacial score (nSPS) is 30.9. The molecule has 3 atom stereocenters. The number of ether oxygens (including phenoxy) is 3. The monoisotopic (exact) mass is 251 g/mol. The van der Waals surface area contributed by atoms with Gasteiger partial charge < -0.3 is 30.2 Å². The van der Waals surface area contributed by atoms with Crippen LogP contribution in [0.3, 0.4) is 0 Å². The van der Waals surface area contributed by atoms with Crippen molar-refractivity contribution in [3.63, 3.8) is 0 Å². The first-order valence-electron chi connectivity index (χ1n) is 5.67. The van der Waals surface area contributed by atoms with E-state index in [2.05, 4.69) is 4.74 Å². The Morgan fingerprint density at radius 2 is 1.82 bits per heavy atom. The zero-order valence-electron chi connectivity index (χ0n) is 11.0. The molecule has 4 N–H and O–H groups in total. The number of hydrogen-bond donors (Lipinski definition) is 3. The van der Waals surface area contributed by atoms with Gasteiger partial charge in [0.1, 0.15) is 0 Å². The maximum Gasteiger partial charge on any atom is 0.173 e. The number of aliphatic hydroxyl groups is 2. The molecule has 0 aromatic rings. The molecule has 104 valence electrons. The third kappa shape index (κ3) is 6.92. The van der Waals surface area contributed by atoms with E-state index in [1.807, 2.05) is 0 Å². The molecule has 17 heavy (non-hydrogen) atoms. The summed E-state index contributed by atoms with van der Waals surface area (Å²) >= 11 is 0. The summed E-state index contributed by atoms with van der Waals surface area (Å²) in [5, 5.41) is 15.6. The van der Waals surface area contributed by atoms with Gasteiger partial charge in [-0.3, -0.25) is 0 Å². The van der Waals surface area contributed by atoms with Crippen LogP contribution >= 0.6 is 0 Å². The Morgan fingerprint density at radius 3 is 2.24 bits per heavy atom. The third-order valence-corrected chi connectivity index (χ3v) is 2.44. The Hall–Kier alpha value is -0.240. The second-order valence-corrected chi connectivity index (χ2v) is 4.35. The van der Waals surface area contributed by atoms with E-state index in [1.165, 1.54) is 7.11 Å². The van der Waals surface area contributed by atoms with E-state index in [1.54, 1.807) is 13.8 Å². The maximum atomic E-state index is 8.60. The van der Waals surface area contributed by atoms with Crippen LogP contribution in [0, 0.1) is 0 Å². The molecule has 0 spiro atoms. The Morgan fingerprint density at radius 1 is 1.29 bits per heavy atom. The lowest BCUT2D eigenvalue weighted by molar-refractivity contribution is -0.155. The first kappa shape index (κ1) is 16.8. The summed E-state index contributed by atoms with van der Waals surface area (Å²) < 4.78 is 15.1. The van der Waals surface area contributed by atoms with Gasteiger partial charge in [-0.15, -0.1) is 0 Å². The van der Waals surface area contributed by atoms with Crippen LogP contribution < -0.4 is 5.73 Å². The summed E-state index contributed by atoms with van der Waals surface area (Å²) in [6, 6.07) is 0.115. The summed E-state index contributed by atoms with van der Waals surface area (Å²) in [7, 11) is 2.46. The molecule has 0 amide bonds. The lowest BCUT2D eigenvalue weighted by Crippen LogP contribution is -2.39. The smallest absolute Gasteiger partial charge is 0.173 e. The fourth-order valence-electron chi connectivity index (χ4n) is 1.36. The lowest BCUT2D eigenvalue weighted by Gasteiger charge is -2.23. The molecular weight excluding hydrogens is 226 g/mol. The second kappa shape index (κ2) is 7.97. The van der Waals surface area contributed by atoms with Crippen LogP contribution in [0.1, 0.15) is 26.7 Å². The molecule has 2 aliphatic heterocycles. The van der Waals surface area contributed by atoms with Crippen LogP contribution in [0.25, 0.3) is 0 Å². The van der Waals surface area contributed by atoms with E-state index >= 15 is 0 Å². The zero-order valence-corrected chi connectivity index (χ0v) is 11.0. The van der Waals surface area contributed by atoms with E-state index < -0.39 is 5.79 Å². The molecule has 0 aromatic heterocycles. The Labute approximate surface area is 103 Å². The van der Waals surface area contributed by atoms with E-state index in [4.69, 9.17) is 25.4 Å². The van der Waals surface area contributed by atoms with Gasteiger partial charge >= 0.3 is 0 Å². The highest BCUT2D eigenvalue weighted by Gasteiger charge is 2.35. The first-order valence-corrected chi connectivity index (χ1v) is 5.67. The Balaban J connectivity index is 0.000000283. The molecule has 0 saturated carbocycles. The van der Waals surface area contributed by atoms with Gasteiger partial charge in [-0.1, -0.05) is 0 Å². The summed E-state index contributed by atoms with van der Waals surface area (Å²) in [5.41, 5.74) is 5.67. The highest BCUT2D eigenvalue weighted by Crippen LogP contribution is 2.25. The average Bonchev–Trinajstić information content (AvgIpc) is 2.71. The first-order chi connectivity index (χ1) is 7.92. The molecule has 0 radical (unpaired) electrons. The molecule has 3 unspecified atom stereocenters. The summed E-state index contributed by atoms with van der Waals surface area (Å²) in [4.78, 5) is 0. The molecule has 6 heteroatoms. The quantitative estimate of drug-likeness (QED) is 0.560. The van der Waals surface area contributed by atoms with Crippen LogP contribution in [-0.2, 0) is 14.2 Å². The van der Waals surface area contributed by atoms with Crippen LogP contribution in [0.15, 0.2) is 0 Å². The minimum absolute atomic E-state index is 0.0938. The van der Waals surface area contributed by atoms with Gasteiger partial charge in [-0.05, 0) is 26.7 Å². The van der Waals surface area contributed by atoms with Gasteiger partial charge in [0.25, 0.3) is 0 Å². The van der Waals surface area contributed by atoms with Gasteiger partial charge in [0.2, 0.25) is 0 Å². The highest BCUT2D eigenvalue weighted by atomic mass is 16.7. The van der Waals surface area contributed by atoms with Crippen LogP contribution in [0.2, 0.25) is 0 Å². The molecule has 2 bridgehead atoms. The summed E-state index contributed by atoms with van der Waals surface area (Å²) in [6.07, 6.45) is 2.37. The van der Waals surface area contributed by atoms with E-state index in [9.17, 15) is 0 Å². The van der Waals surface area contributed by atoms with Crippen molar-refractivity contribution in [3.8, 4) is 0 Å². The zero-order chi connectivity index (χ0) is 13.5. The van der Waals surface area contributed by atoms with Gasteiger partial charge in [-0.2, -0.15) is 0 Å². The van der Waals surface area contributed by atoms with Gasteiger partial charge in [-0.25, -0.2) is 0 Å². The Bertz CT molecular complexity index is 195. The predicted molar refractivity (Wildman–Crippen MR) is 63.3 cm³/mol. The molecule has 2 fully saturated rings. The highest BCUT2D eigenvalue weighted by molar-refractivity contribution is 4.80. The van der Waals surface area contributed by atoms with Crippen molar-refractivity contribution in [2.75, 3.05) is 20.8 Å². The molecule has 2 aliphatic rings. The Kier molecular flexibility index (Phi) is 7.85. The van der Waals surface area contributed by atoms with Crippen molar-refractivity contribution in [2.45, 2.75) is 50.9 Å². The molecule has 0 aromatic carbocycles. The van der Waals surface area contributed by atoms with Crippen molar-refractivity contribution in [1.29, 1.82) is 0 Å². The SMILES string of the molecule is CO.COC(C)(C)O.NC1CCC2COC1O2. The van der Waals surface area contributed by atoms with Crippen LogP contribution in [0.4, 0.5) is 0 Å². The minimum Gasteiger partial charge on any atom is -0.400 e. The molecule has 2 rings (SSSR count). The van der Waals surface area contributed by atoms with E-state index in [0.717, 1.165) is 26.6 Å². The van der Waals surface area contributed by atoms with E-state index in [-0.39, 0.29) is 12.3 Å². The number of hydrogen-bond acceptors (Lipinski definition) is 6. The number of methoxy groups -OCH3 is 1. The number of fused-ring (bicyclic) bond motifs is 2. The maximum absolute atomic E-state index is 8.60. The molecule has 0 aliphatic carbocycles. The van der Waals surface area contributed by atoms with Crippen molar-refractivity contribution < 1.29 is 24.4 Å². The predicted octanol–water partition coefficient (Wildman–Crippen LogP) is -0.181. The fraction of sp³-hybridized carbons (Fsp3) is 1.00. The van der Waals surface area contributed by atoms with E-state index in [0.29, 0.717) is 6.10 Å². The summed E-state index contributed by atoms with van der Waals surface area (Å²) in [5.74, 6) is -0.958. The molecular formula is C11H25NO5. The van der Waals surface area contributed by atoms with Gasteiger partial charge in [0, 0.05) is 14.2 Å². The molecule has 2 saturated heterocycles. The van der Waals surface area contributed by atoms with Crippen molar-refractivity contribution >= 4 is 0 Å². The largest absolute Gasteiger partial charge is 0.400 e. The van der Waals surface area contributed by atoms with Gasteiger partial charge in [0.15, 0.2) is 12.1 Å². The fourth-order valence-corrected chi connectivity index (χ4v) is 1.36. The minimum atomic E-state index is -0.958. The lowest BCUT2D eigenvalue weighted by atomic mass is 10.1. The number of nitrogens with two attached hydrogens (primary N) is 1. The molecule has 6 nitrogen and oxygen atoms in total. The van der Waals surface area contributed by atoms with Crippen molar-refractivity contribution in [2.24, 2.45) is 5.73 Å². The number of rotatable bonds is 1. The van der Waals surface area contributed by atoms with Crippen LogP contribution in [-0.4, -0.2) is 55.3 Å². The standard InChI is InChI=1S/C6H11NO2.C4H10O2.CH4O/c7-5-2-1-4-3-8-6(5)9-4;1-4(2,5)6-3;1-2/h4-6H,1-3,7H2;5H,1-3H3;2H,1H3. The van der Waals surface area contributed by atoms with Gasteiger partial charge in [0.05, 0.1) is 18.8 Å². The third-order valence-electron chi connectivity index (χ3n) is 2.44. The van der Waals surface area contributed by atoms with Crippen LogP contribution in [0.5, 0.6) is 0 Å².